The van der Waals surface area contributed by atoms with E-state index in [0.717, 1.165) is 12.1 Å². The summed E-state index contributed by atoms with van der Waals surface area (Å²) >= 11 is 0. The maximum absolute atomic E-state index is 13.8. The molecule has 0 saturated heterocycles. The smallest absolute Gasteiger partial charge is 0.326 e. The number of carboxylic acid groups (broad SMARTS) is 1. The Morgan fingerprint density at radius 3 is 2.58 bits per heavy atom. The first kappa shape index (κ1) is 19.5. The van der Waals surface area contributed by atoms with E-state index in [2.05, 4.69) is 15.6 Å². The Hall–Kier alpha value is -2.84. The number of aromatic nitrogens is 3. The Morgan fingerprint density at radius 1 is 1.31 bits per heavy atom. The number of benzene rings is 1. The van der Waals surface area contributed by atoms with Crippen LogP contribution in [-0.4, -0.2) is 38.0 Å². The molecule has 1 aromatic carbocycles. The minimum Gasteiger partial charge on any atom is -0.480 e. The SMILES string of the molecule is Cc1c(C(=O)NC(CC(C)C)C(=O)O)nnn1Cc1ccc(F)cc1F. The van der Waals surface area contributed by atoms with Gasteiger partial charge in [-0.05, 0) is 25.3 Å². The van der Waals surface area contributed by atoms with E-state index < -0.39 is 29.6 Å². The van der Waals surface area contributed by atoms with E-state index in [0.29, 0.717) is 5.69 Å². The van der Waals surface area contributed by atoms with Gasteiger partial charge in [0.2, 0.25) is 0 Å². The molecule has 26 heavy (non-hydrogen) atoms. The maximum atomic E-state index is 13.8. The van der Waals surface area contributed by atoms with Crippen molar-refractivity contribution in [3.05, 3.63) is 46.8 Å². The van der Waals surface area contributed by atoms with E-state index in [1.54, 1.807) is 6.92 Å². The second-order valence-electron chi connectivity index (χ2n) is 6.41. The summed E-state index contributed by atoms with van der Waals surface area (Å²) in [7, 11) is 0. The molecular weight excluding hydrogens is 346 g/mol. The van der Waals surface area contributed by atoms with Crippen molar-refractivity contribution in [3.8, 4) is 0 Å². The van der Waals surface area contributed by atoms with Crippen molar-refractivity contribution >= 4 is 11.9 Å². The van der Waals surface area contributed by atoms with Gasteiger partial charge < -0.3 is 10.4 Å². The topological polar surface area (TPSA) is 97.1 Å². The van der Waals surface area contributed by atoms with Crippen LogP contribution in [0.2, 0.25) is 0 Å². The molecule has 1 unspecified atom stereocenters. The lowest BCUT2D eigenvalue weighted by atomic mass is 10.0. The van der Waals surface area contributed by atoms with Crippen LogP contribution < -0.4 is 5.32 Å². The minimum atomic E-state index is -1.13. The number of carbonyl (C=O) groups excluding carboxylic acids is 1. The molecule has 1 amide bonds. The molecule has 1 heterocycles. The Kier molecular flexibility index (Phi) is 6.01. The molecule has 7 nitrogen and oxygen atoms in total. The third-order valence-corrected chi connectivity index (χ3v) is 3.84. The maximum Gasteiger partial charge on any atom is 0.326 e. The van der Waals surface area contributed by atoms with Crippen LogP contribution in [0.3, 0.4) is 0 Å². The second kappa shape index (κ2) is 8.03. The quantitative estimate of drug-likeness (QED) is 0.783. The van der Waals surface area contributed by atoms with Gasteiger partial charge in [-0.3, -0.25) is 4.79 Å². The van der Waals surface area contributed by atoms with E-state index in [-0.39, 0.29) is 30.1 Å². The highest BCUT2D eigenvalue weighted by Gasteiger charge is 2.25. The Morgan fingerprint density at radius 2 is 2.00 bits per heavy atom. The zero-order valence-corrected chi connectivity index (χ0v) is 14.7. The number of rotatable bonds is 7. The Balaban J connectivity index is 2.16. The van der Waals surface area contributed by atoms with Crippen molar-refractivity contribution in [2.75, 3.05) is 0 Å². The largest absolute Gasteiger partial charge is 0.480 e. The van der Waals surface area contributed by atoms with Crippen molar-refractivity contribution in [1.29, 1.82) is 0 Å². The van der Waals surface area contributed by atoms with Gasteiger partial charge in [-0.2, -0.15) is 0 Å². The van der Waals surface area contributed by atoms with Gasteiger partial charge in [0.15, 0.2) is 5.69 Å². The summed E-state index contributed by atoms with van der Waals surface area (Å²) in [6.07, 6.45) is 0.273. The van der Waals surface area contributed by atoms with Gasteiger partial charge >= 0.3 is 5.97 Å². The van der Waals surface area contributed by atoms with Crippen LogP contribution in [0.15, 0.2) is 18.2 Å². The number of nitrogens with zero attached hydrogens (tertiary/aromatic N) is 3. The summed E-state index contributed by atoms with van der Waals surface area (Å²) in [5, 5.41) is 19.2. The molecular formula is C17H20F2N4O3. The van der Waals surface area contributed by atoms with E-state index in [1.165, 1.54) is 10.7 Å². The number of hydrogen-bond acceptors (Lipinski definition) is 4. The van der Waals surface area contributed by atoms with Gasteiger partial charge in [-0.1, -0.05) is 25.1 Å². The van der Waals surface area contributed by atoms with Crippen LogP contribution in [0.1, 0.15) is 42.0 Å². The van der Waals surface area contributed by atoms with E-state index in [4.69, 9.17) is 0 Å². The summed E-state index contributed by atoms with van der Waals surface area (Å²) in [4.78, 5) is 23.6. The van der Waals surface area contributed by atoms with Crippen LogP contribution >= 0.6 is 0 Å². The highest BCUT2D eigenvalue weighted by atomic mass is 19.1. The molecule has 0 spiro atoms. The monoisotopic (exact) mass is 366 g/mol. The van der Waals surface area contributed by atoms with Crippen molar-refractivity contribution in [2.45, 2.75) is 39.8 Å². The zero-order chi connectivity index (χ0) is 19.4. The summed E-state index contributed by atoms with van der Waals surface area (Å²) in [6, 6.07) is 2.14. The highest BCUT2D eigenvalue weighted by Crippen LogP contribution is 2.13. The molecule has 2 aromatic rings. The predicted molar refractivity (Wildman–Crippen MR) is 88.6 cm³/mol. The van der Waals surface area contributed by atoms with Gasteiger partial charge in [0, 0.05) is 11.6 Å². The van der Waals surface area contributed by atoms with E-state index in [1.807, 2.05) is 13.8 Å². The molecule has 0 radical (unpaired) electrons. The fourth-order valence-corrected chi connectivity index (χ4v) is 2.45. The fraction of sp³-hybridized carbons (Fsp3) is 0.412. The fourth-order valence-electron chi connectivity index (χ4n) is 2.45. The van der Waals surface area contributed by atoms with Crippen molar-refractivity contribution in [2.24, 2.45) is 5.92 Å². The third-order valence-electron chi connectivity index (χ3n) is 3.84. The van der Waals surface area contributed by atoms with Crippen LogP contribution in [0, 0.1) is 24.5 Å². The van der Waals surface area contributed by atoms with Crippen molar-refractivity contribution in [1.82, 2.24) is 20.3 Å². The number of nitrogens with one attached hydrogen (secondary N) is 1. The van der Waals surface area contributed by atoms with Gasteiger partial charge in [0.1, 0.15) is 17.7 Å². The molecule has 2 N–H and O–H groups in total. The van der Waals surface area contributed by atoms with E-state index in [9.17, 15) is 23.5 Å². The standard InChI is InChI=1S/C17H20F2N4O3/c1-9(2)6-14(17(25)26)20-16(24)15-10(3)23(22-21-15)8-11-4-5-12(18)7-13(11)19/h4-5,7,9,14H,6,8H2,1-3H3,(H,20,24)(H,25,26). The highest BCUT2D eigenvalue weighted by molar-refractivity contribution is 5.95. The zero-order valence-electron chi connectivity index (χ0n) is 14.7. The molecule has 9 heteroatoms. The average molecular weight is 366 g/mol. The number of carboxylic acids is 1. The van der Waals surface area contributed by atoms with Gasteiger partial charge in [-0.25, -0.2) is 18.3 Å². The third kappa shape index (κ3) is 4.62. The first-order valence-electron chi connectivity index (χ1n) is 8.06. The number of hydrogen-bond donors (Lipinski definition) is 2. The molecule has 0 bridgehead atoms. The number of aliphatic carboxylic acids is 1. The second-order valence-corrected chi connectivity index (χ2v) is 6.41. The van der Waals surface area contributed by atoms with E-state index >= 15 is 0 Å². The normalized spacial score (nSPS) is 12.2. The Bertz CT molecular complexity index is 820. The lowest BCUT2D eigenvalue weighted by Crippen LogP contribution is -2.42. The first-order valence-corrected chi connectivity index (χ1v) is 8.06. The van der Waals surface area contributed by atoms with Gasteiger partial charge in [-0.15, -0.1) is 5.10 Å². The van der Waals surface area contributed by atoms with Crippen LogP contribution in [0.4, 0.5) is 8.78 Å². The minimum absolute atomic E-state index is 0.0351. The molecule has 1 atom stereocenters. The molecule has 1 aromatic heterocycles. The molecule has 2 rings (SSSR count). The van der Waals surface area contributed by atoms with Gasteiger partial charge in [0.25, 0.3) is 5.91 Å². The number of carbonyl (C=O) groups is 2. The average Bonchev–Trinajstić information content (AvgIpc) is 2.90. The molecule has 0 aliphatic carbocycles. The van der Waals surface area contributed by atoms with Crippen LogP contribution in [0.25, 0.3) is 0 Å². The molecule has 140 valence electrons. The summed E-state index contributed by atoms with van der Waals surface area (Å²) < 4.78 is 28.0. The molecule has 0 saturated carbocycles. The first-order chi connectivity index (χ1) is 12.2. The molecule has 0 fully saturated rings. The molecule has 0 aliphatic rings. The predicted octanol–water partition coefficient (Wildman–Crippen LogP) is 2.14. The summed E-state index contributed by atoms with van der Waals surface area (Å²) in [5.41, 5.74) is 0.497. The van der Waals surface area contributed by atoms with Crippen LogP contribution in [-0.2, 0) is 11.3 Å². The summed E-state index contributed by atoms with van der Waals surface area (Å²) in [6.45, 7) is 5.23. The lowest BCUT2D eigenvalue weighted by Gasteiger charge is -2.15. The lowest BCUT2D eigenvalue weighted by molar-refractivity contribution is -0.139. The Labute approximate surface area is 149 Å². The van der Waals surface area contributed by atoms with Crippen LogP contribution in [0.5, 0.6) is 0 Å². The van der Waals surface area contributed by atoms with Crippen molar-refractivity contribution in [3.63, 3.8) is 0 Å². The number of amides is 1. The van der Waals surface area contributed by atoms with Crippen molar-refractivity contribution < 1.29 is 23.5 Å². The summed E-state index contributed by atoms with van der Waals surface area (Å²) in [5.74, 6) is -3.14. The molecule has 0 aliphatic heterocycles. The number of halogens is 2. The van der Waals surface area contributed by atoms with Gasteiger partial charge in [0.05, 0.1) is 12.2 Å².